The lowest BCUT2D eigenvalue weighted by molar-refractivity contribution is 0.180. The second-order valence-electron chi connectivity index (χ2n) is 8.80. The Balaban J connectivity index is 1.18. The van der Waals surface area contributed by atoms with Crippen molar-refractivity contribution in [2.24, 2.45) is 0 Å². The zero-order chi connectivity index (χ0) is 22.7. The van der Waals surface area contributed by atoms with Crippen molar-refractivity contribution in [3.05, 3.63) is 59.4 Å². The fourth-order valence-corrected chi connectivity index (χ4v) is 6.92. The van der Waals surface area contributed by atoms with Crippen molar-refractivity contribution in [3.8, 4) is 10.8 Å². The number of piperazine rings is 1. The van der Waals surface area contributed by atoms with E-state index in [1.165, 1.54) is 49.0 Å². The third kappa shape index (κ3) is 5.16. The van der Waals surface area contributed by atoms with Crippen molar-refractivity contribution >= 4 is 21.4 Å². The smallest absolute Gasteiger partial charge is 0.243 e. The van der Waals surface area contributed by atoms with Gasteiger partial charge in [0.15, 0.2) is 10.8 Å². The predicted molar refractivity (Wildman–Crippen MR) is 129 cm³/mol. The molecule has 0 amide bonds. The largest absolute Gasteiger partial charge is 0.295 e. The summed E-state index contributed by atoms with van der Waals surface area (Å²) in [6, 6.07) is 9.43. The summed E-state index contributed by atoms with van der Waals surface area (Å²) in [5.74, 6) is 1.22. The number of rotatable bonds is 6. The molecule has 0 unspecified atom stereocenters. The first-order chi connectivity index (χ1) is 16.1. The Hall–Kier alpha value is -2.20. The van der Waals surface area contributed by atoms with Crippen molar-refractivity contribution in [2.75, 3.05) is 26.2 Å². The maximum atomic E-state index is 13.2. The quantitative estimate of drug-likeness (QED) is 0.524. The Bertz CT molecular complexity index is 1150. The predicted octanol–water partition coefficient (Wildman–Crippen LogP) is 4.15. The molecule has 1 aliphatic carbocycles. The number of thiazole rings is 1. The van der Waals surface area contributed by atoms with E-state index in [4.69, 9.17) is 0 Å². The summed E-state index contributed by atoms with van der Waals surface area (Å²) in [4.78, 5) is 15.8. The van der Waals surface area contributed by atoms with Crippen LogP contribution in [-0.4, -0.2) is 58.8 Å². The molecule has 0 atom stereocenters. The molecule has 7 nitrogen and oxygen atoms in total. The number of hydrogen-bond donors (Lipinski definition) is 0. The Morgan fingerprint density at radius 2 is 1.64 bits per heavy atom. The average Bonchev–Trinajstić information content (AvgIpc) is 3.34. The van der Waals surface area contributed by atoms with Gasteiger partial charge in [0.1, 0.15) is 0 Å². The number of benzene rings is 1. The van der Waals surface area contributed by atoms with Crippen LogP contribution in [0, 0.1) is 0 Å². The highest BCUT2D eigenvalue weighted by Gasteiger charge is 2.29. The van der Waals surface area contributed by atoms with Gasteiger partial charge in [0.2, 0.25) is 10.0 Å². The summed E-state index contributed by atoms with van der Waals surface area (Å²) in [6.45, 7) is 3.06. The monoisotopic (exact) mass is 483 g/mol. The van der Waals surface area contributed by atoms with Crippen molar-refractivity contribution in [1.29, 1.82) is 0 Å². The van der Waals surface area contributed by atoms with Gasteiger partial charge in [-0.05, 0) is 42.5 Å². The van der Waals surface area contributed by atoms with Crippen LogP contribution in [0.3, 0.4) is 0 Å². The van der Waals surface area contributed by atoms with E-state index < -0.39 is 10.0 Å². The number of nitrogens with zero attached hydrogens (tertiary/aromatic N) is 5. The van der Waals surface area contributed by atoms with E-state index in [1.807, 2.05) is 17.5 Å². The summed E-state index contributed by atoms with van der Waals surface area (Å²) in [6.07, 6.45) is 9.73. The van der Waals surface area contributed by atoms with Crippen LogP contribution in [-0.2, 0) is 16.6 Å². The zero-order valence-corrected chi connectivity index (χ0v) is 20.3. The number of hydrogen-bond acceptors (Lipinski definition) is 7. The zero-order valence-electron chi connectivity index (χ0n) is 18.6. The van der Waals surface area contributed by atoms with Crippen LogP contribution in [0.2, 0.25) is 0 Å². The highest BCUT2D eigenvalue weighted by molar-refractivity contribution is 7.89. The molecule has 174 valence electrons. The lowest BCUT2D eigenvalue weighted by atomic mass is 9.84. The first-order valence-corrected chi connectivity index (χ1v) is 14.0. The van der Waals surface area contributed by atoms with Gasteiger partial charge in [0.05, 0.1) is 10.6 Å². The molecule has 33 heavy (non-hydrogen) atoms. The molecule has 1 aromatic carbocycles. The van der Waals surface area contributed by atoms with Crippen molar-refractivity contribution in [1.82, 2.24) is 24.2 Å². The van der Waals surface area contributed by atoms with Crippen molar-refractivity contribution in [2.45, 2.75) is 49.5 Å². The van der Waals surface area contributed by atoms with Gasteiger partial charge in [0.25, 0.3) is 0 Å². The van der Waals surface area contributed by atoms with Gasteiger partial charge in [-0.3, -0.25) is 4.90 Å². The van der Waals surface area contributed by atoms with E-state index in [-0.39, 0.29) is 0 Å². The van der Waals surface area contributed by atoms with Crippen LogP contribution < -0.4 is 0 Å². The number of aromatic nitrogens is 3. The normalized spacial score (nSPS) is 19.0. The summed E-state index contributed by atoms with van der Waals surface area (Å²) in [5.41, 5.74) is 2.25. The minimum absolute atomic E-state index is 0.405. The molecule has 3 heterocycles. The fraction of sp³-hybridized carbons (Fsp3) is 0.458. The van der Waals surface area contributed by atoms with Crippen LogP contribution in [0.5, 0.6) is 0 Å². The topological polar surface area (TPSA) is 79.3 Å². The van der Waals surface area contributed by atoms with Gasteiger partial charge in [-0.1, -0.05) is 31.4 Å². The Morgan fingerprint density at radius 3 is 2.33 bits per heavy atom. The van der Waals surface area contributed by atoms with Crippen molar-refractivity contribution < 1.29 is 8.42 Å². The number of sulfonamides is 1. The molecular weight excluding hydrogens is 454 g/mol. The standard InChI is InChI=1S/C24H29N5O2S2/c30-33(31,22-9-7-20(8-10-22)19-5-2-1-3-6-19)29-15-13-28(14-16-29)17-21-18-32-24(27-21)23-25-11-4-12-26-23/h4,7-12,18-19H,1-3,5-6,13-17H2. The van der Waals surface area contributed by atoms with Crippen LogP contribution >= 0.6 is 11.3 Å². The molecule has 0 bridgehead atoms. The fourth-order valence-electron chi connectivity index (χ4n) is 4.75. The molecule has 0 radical (unpaired) electrons. The van der Waals surface area contributed by atoms with E-state index in [1.54, 1.807) is 34.9 Å². The van der Waals surface area contributed by atoms with Crippen LogP contribution in [0.25, 0.3) is 10.8 Å². The van der Waals surface area contributed by atoms with E-state index in [2.05, 4.69) is 19.9 Å². The van der Waals surface area contributed by atoms with Gasteiger partial charge in [0, 0.05) is 50.5 Å². The van der Waals surface area contributed by atoms with Gasteiger partial charge in [-0.15, -0.1) is 11.3 Å². The van der Waals surface area contributed by atoms with E-state index in [0.29, 0.717) is 49.4 Å². The molecule has 0 spiro atoms. The summed E-state index contributed by atoms with van der Waals surface area (Å²) in [5, 5.41) is 2.84. The Kier molecular flexibility index (Phi) is 6.82. The highest BCUT2D eigenvalue weighted by atomic mass is 32.2. The van der Waals surface area contributed by atoms with Gasteiger partial charge >= 0.3 is 0 Å². The molecule has 9 heteroatoms. The van der Waals surface area contributed by atoms with Gasteiger partial charge in [-0.2, -0.15) is 4.31 Å². The minimum Gasteiger partial charge on any atom is -0.295 e. The lowest BCUT2D eigenvalue weighted by Crippen LogP contribution is -2.48. The third-order valence-corrected chi connectivity index (χ3v) is 9.42. The third-order valence-electron chi connectivity index (χ3n) is 6.62. The van der Waals surface area contributed by atoms with Crippen molar-refractivity contribution in [3.63, 3.8) is 0 Å². The molecule has 2 aliphatic rings. The van der Waals surface area contributed by atoms with E-state index in [9.17, 15) is 8.42 Å². The second-order valence-corrected chi connectivity index (χ2v) is 11.6. The van der Waals surface area contributed by atoms with E-state index in [0.717, 1.165) is 10.7 Å². The van der Waals surface area contributed by atoms with Gasteiger partial charge < -0.3 is 0 Å². The van der Waals surface area contributed by atoms with E-state index >= 15 is 0 Å². The Morgan fingerprint density at radius 1 is 0.939 bits per heavy atom. The molecule has 1 aliphatic heterocycles. The highest BCUT2D eigenvalue weighted by Crippen LogP contribution is 2.33. The molecule has 2 fully saturated rings. The average molecular weight is 484 g/mol. The molecule has 3 aromatic rings. The molecule has 2 aromatic heterocycles. The Labute approximate surface area is 199 Å². The minimum atomic E-state index is -3.46. The van der Waals surface area contributed by atoms with Gasteiger partial charge in [-0.25, -0.2) is 23.4 Å². The summed E-state index contributed by atoms with van der Waals surface area (Å²) in [7, 11) is -3.46. The first kappa shape index (κ1) is 22.6. The van der Waals surface area contributed by atoms with Crippen LogP contribution in [0.4, 0.5) is 0 Å². The second kappa shape index (κ2) is 9.97. The lowest BCUT2D eigenvalue weighted by Gasteiger charge is -2.33. The summed E-state index contributed by atoms with van der Waals surface area (Å²) < 4.78 is 28.0. The van der Waals surface area contributed by atoms with Crippen LogP contribution in [0.15, 0.2) is 53.0 Å². The molecule has 5 rings (SSSR count). The molecule has 0 N–H and O–H groups in total. The molecular formula is C24H29N5O2S2. The SMILES string of the molecule is O=S(=O)(c1ccc(C2CCCCC2)cc1)N1CCN(Cc2csc(-c3ncccn3)n2)CC1. The molecule has 1 saturated heterocycles. The van der Waals surface area contributed by atoms with Crippen LogP contribution in [0.1, 0.15) is 49.3 Å². The maximum Gasteiger partial charge on any atom is 0.243 e. The summed E-state index contributed by atoms with van der Waals surface area (Å²) >= 11 is 1.54. The maximum absolute atomic E-state index is 13.2. The first-order valence-electron chi connectivity index (χ1n) is 11.6. The molecule has 1 saturated carbocycles.